The second-order valence-corrected chi connectivity index (χ2v) is 13.1. The van der Waals surface area contributed by atoms with Crippen LogP contribution in [-0.2, 0) is 0 Å². The van der Waals surface area contributed by atoms with E-state index in [2.05, 4.69) is 12.1 Å². The summed E-state index contributed by atoms with van der Waals surface area (Å²) in [5, 5.41) is -0.0104. The van der Waals surface area contributed by atoms with Crippen molar-refractivity contribution in [1.82, 2.24) is 19.5 Å². The number of hydrogen-bond acceptors (Lipinski definition) is 3. The summed E-state index contributed by atoms with van der Waals surface area (Å²) < 4.78 is 72.7. The lowest BCUT2D eigenvalue weighted by atomic mass is 10.00. The lowest BCUT2D eigenvalue weighted by Gasteiger charge is -2.16. The number of benzene rings is 8. The fraction of sp³-hybridized carbons (Fsp3) is 0. The highest BCUT2D eigenvalue weighted by Gasteiger charge is 2.19. The summed E-state index contributed by atoms with van der Waals surface area (Å²) in [5.41, 5.74) is 8.03. The van der Waals surface area contributed by atoms with Crippen LogP contribution in [0.15, 0.2) is 206 Å². The van der Waals surface area contributed by atoms with Crippen molar-refractivity contribution in [2.75, 3.05) is 0 Å². The predicted octanol–water partition coefficient (Wildman–Crippen LogP) is 13.0. The van der Waals surface area contributed by atoms with Crippen LogP contribution in [0.4, 0.5) is 0 Å². The van der Waals surface area contributed by atoms with E-state index in [1.54, 1.807) is 4.57 Å². The molecule has 0 saturated carbocycles. The zero-order chi connectivity index (χ0) is 43.5. The SMILES string of the molecule is [2H]c1c([2H])c([2H])c2c(c1[2H])c1c([2H])c([2H])c([2H])c([2H])c1n2-c1cc(-c2nc(-c3ccc(-c4ccccc4)cc3)nc(-c3cccc(-c4ccccc4)c3)n2)ccc1-c1ccccc1. The molecule has 0 unspecified atom stereocenters. The molecule has 10 rings (SSSR count). The summed E-state index contributed by atoms with van der Waals surface area (Å²) in [6, 6.07) is 47.6. The Labute approximate surface area is 331 Å². The van der Waals surface area contributed by atoms with Crippen LogP contribution in [0.1, 0.15) is 11.0 Å². The van der Waals surface area contributed by atoms with Gasteiger partial charge in [-0.05, 0) is 52.0 Å². The van der Waals surface area contributed by atoms with Crippen molar-refractivity contribution in [1.29, 1.82) is 0 Å². The average molecular weight is 711 g/mol. The molecule has 0 amide bonds. The van der Waals surface area contributed by atoms with E-state index in [0.29, 0.717) is 34.3 Å². The number of rotatable bonds is 7. The average Bonchev–Trinajstić information content (AvgIpc) is 3.71. The summed E-state index contributed by atoms with van der Waals surface area (Å²) in [6.07, 6.45) is 0. The quantitative estimate of drug-likeness (QED) is 0.165. The molecule has 0 radical (unpaired) electrons. The van der Waals surface area contributed by atoms with Gasteiger partial charge in [-0.3, -0.25) is 0 Å². The monoisotopic (exact) mass is 710 g/mol. The zero-order valence-corrected chi connectivity index (χ0v) is 29.3. The minimum absolute atomic E-state index is 0.00519. The van der Waals surface area contributed by atoms with Gasteiger partial charge >= 0.3 is 0 Å². The van der Waals surface area contributed by atoms with Gasteiger partial charge in [-0.2, -0.15) is 0 Å². The third-order valence-corrected chi connectivity index (χ3v) is 9.73. The number of fused-ring (bicyclic) bond motifs is 3. The van der Waals surface area contributed by atoms with E-state index in [1.165, 1.54) is 0 Å². The summed E-state index contributed by atoms with van der Waals surface area (Å²) in [4.78, 5) is 15.2. The first-order chi connectivity index (χ1) is 30.6. The summed E-state index contributed by atoms with van der Waals surface area (Å²) in [6.45, 7) is 0. The van der Waals surface area contributed by atoms with Gasteiger partial charge in [0.05, 0.1) is 27.7 Å². The molecular weight excluding hydrogens is 669 g/mol. The number of hydrogen-bond donors (Lipinski definition) is 0. The number of nitrogens with zero attached hydrogens (tertiary/aromatic N) is 4. The summed E-state index contributed by atoms with van der Waals surface area (Å²) in [5.74, 6) is 1.17. The van der Waals surface area contributed by atoms with E-state index >= 15 is 0 Å². The first-order valence-corrected chi connectivity index (χ1v) is 17.9. The van der Waals surface area contributed by atoms with E-state index in [4.69, 9.17) is 23.2 Å². The molecular formula is C51H34N4. The van der Waals surface area contributed by atoms with Crippen LogP contribution in [0.2, 0.25) is 0 Å². The first-order valence-electron chi connectivity index (χ1n) is 21.9. The lowest BCUT2D eigenvalue weighted by Crippen LogP contribution is -2.02. The molecule has 0 N–H and O–H groups in total. The highest BCUT2D eigenvalue weighted by molar-refractivity contribution is 6.09. The van der Waals surface area contributed by atoms with Gasteiger partial charge < -0.3 is 4.57 Å². The van der Waals surface area contributed by atoms with E-state index in [1.807, 2.05) is 146 Å². The Bertz CT molecular complexity index is 3340. The third-order valence-electron chi connectivity index (χ3n) is 9.73. The van der Waals surface area contributed by atoms with Crippen LogP contribution in [0, 0.1) is 0 Å². The Morgan fingerprint density at radius 2 is 0.764 bits per heavy atom. The molecule has 0 aliphatic heterocycles. The van der Waals surface area contributed by atoms with Crippen molar-refractivity contribution in [3.05, 3.63) is 206 Å². The molecule has 4 nitrogen and oxygen atoms in total. The van der Waals surface area contributed by atoms with Crippen LogP contribution in [0.3, 0.4) is 0 Å². The Balaban J connectivity index is 1.26. The van der Waals surface area contributed by atoms with Gasteiger partial charge in [0.1, 0.15) is 0 Å². The van der Waals surface area contributed by atoms with Crippen LogP contribution in [0.25, 0.3) is 95.0 Å². The molecule has 10 aromatic rings. The van der Waals surface area contributed by atoms with E-state index < -0.39 is 36.3 Å². The highest BCUT2D eigenvalue weighted by Crippen LogP contribution is 2.38. The Hall–Kier alpha value is -7.43. The Kier molecular flexibility index (Phi) is 6.23. The van der Waals surface area contributed by atoms with Crippen molar-refractivity contribution < 1.29 is 11.0 Å². The van der Waals surface area contributed by atoms with Crippen molar-refractivity contribution in [2.45, 2.75) is 0 Å². The number of aromatic nitrogens is 4. The Morgan fingerprint density at radius 3 is 1.36 bits per heavy atom. The van der Waals surface area contributed by atoms with Gasteiger partial charge in [-0.1, -0.05) is 182 Å². The normalized spacial score (nSPS) is 13.3. The molecule has 0 fully saturated rings. The van der Waals surface area contributed by atoms with Crippen LogP contribution in [0.5, 0.6) is 0 Å². The maximum absolute atomic E-state index is 9.22. The number of para-hydroxylation sites is 2. The van der Waals surface area contributed by atoms with Gasteiger partial charge in [0.15, 0.2) is 17.5 Å². The molecule has 0 saturated heterocycles. The zero-order valence-electron chi connectivity index (χ0n) is 37.3. The van der Waals surface area contributed by atoms with Gasteiger partial charge in [0, 0.05) is 33.0 Å². The lowest BCUT2D eigenvalue weighted by molar-refractivity contribution is 1.07. The Morgan fingerprint density at radius 1 is 0.345 bits per heavy atom. The topological polar surface area (TPSA) is 43.6 Å². The third kappa shape index (κ3) is 6.06. The molecule has 0 aliphatic rings. The molecule has 258 valence electrons. The van der Waals surface area contributed by atoms with E-state index in [-0.39, 0.29) is 33.9 Å². The standard InChI is InChI=1S/C51H34N4/c1-4-15-35(16-5-1)37-27-29-39(30-28-37)49-52-50(41-22-14-21-40(33-41)36-17-6-2-7-18-36)54-51(53-49)42-31-32-43(38-19-8-3-9-20-38)48(34-42)55-46-25-12-10-23-44(46)45-24-11-13-26-47(45)55/h1-34H/i10D,11D,12D,13D,23D,24D,25D,26D. The van der Waals surface area contributed by atoms with Gasteiger partial charge in [0.2, 0.25) is 0 Å². The fourth-order valence-electron chi connectivity index (χ4n) is 7.05. The van der Waals surface area contributed by atoms with E-state index in [0.717, 1.165) is 38.9 Å². The molecule has 2 aromatic heterocycles. The second-order valence-electron chi connectivity index (χ2n) is 13.1. The molecule has 0 bridgehead atoms. The van der Waals surface area contributed by atoms with Crippen molar-refractivity contribution >= 4 is 21.8 Å². The van der Waals surface area contributed by atoms with Gasteiger partial charge in [0.25, 0.3) is 0 Å². The highest BCUT2D eigenvalue weighted by atomic mass is 15.0. The van der Waals surface area contributed by atoms with E-state index in [9.17, 15) is 2.74 Å². The molecule has 2 heterocycles. The largest absolute Gasteiger partial charge is 0.309 e. The van der Waals surface area contributed by atoms with Gasteiger partial charge in [-0.25, -0.2) is 15.0 Å². The first kappa shape index (κ1) is 24.7. The molecule has 0 aliphatic carbocycles. The molecule has 0 atom stereocenters. The van der Waals surface area contributed by atoms with Crippen molar-refractivity contribution in [3.63, 3.8) is 0 Å². The minimum atomic E-state index is -0.505. The molecule has 8 aromatic carbocycles. The maximum Gasteiger partial charge on any atom is 0.164 e. The van der Waals surface area contributed by atoms with Gasteiger partial charge in [-0.15, -0.1) is 0 Å². The molecule has 4 heteroatoms. The van der Waals surface area contributed by atoms with Crippen LogP contribution >= 0.6 is 0 Å². The maximum atomic E-state index is 9.22. The van der Waals surface area contributed by atoms with Crippen LogP contribution < -0.4 is 0 Å². The summed E-state index contributed by atoms with van der Waals surface area (Å²) in [7, 11) is 0. The molecule has 55 heavy (non-hydrogen) atoms. The minimum Gasteiger partial charge on any atom is -0.309 e. The predicted molar refractivity (Wildman–Crippen MR) is 227 cm³/mol. The smallest absolute Gasteiger partial charge is 0.164 e. The molecule has 0 spiro atoms. The fourth-order valence-corrected chi connectivity index (χ4v) is 7.05. The van der Waals surface area contributed by atoms with Crippen molar-refractivity contribution in [2.24, 2.45) is 0 Å². The van der Waals surface area contributed by atoms with Crippen LogP contribution in [-0.4, -0.2) is 19.5 Å². The second kappa shape index (κ2) is 13.8. The van der Waals surface area contributed by atoms with Crippen molar-refractivity contribution in [3.8, 4) is 73.2 Å². The summed E-state index contributed by atoms with van der Waals surface area (Å²) >= 11 is 0.